The van der Waals surface area contributed by atoms with Crippen LogP contribution in [0.1, 0.15) is 48.2 Å². The maximum absolute atomic E-state index is 14.0. The van der Waals surface area contributed by atoms with Crippen LogP contribution in [-0.2, 0) is 0 Å². The van der Waals surface area contributed by atoms with Crippen LogP contribution in [0.15, 0.2) is 30.6 Å². The molecule has 0 bridgehead atoms. The normalized spacial score (nSPS) is 15.3. The van der Waals surface area contributed by atoms with E-state index in [-0.39, 0.29) is 17.8 Å². The smallest absolute Gasteiger partial charge is 0.254 e. The average Bonchev–Trinajstić information content (AvgIpc) is 3.01. The van der Waals surface area contributed by atoms with E-state index in [4.69, 9.17) is 0 Å². The molecule has 4 rings (SSSR count). The first kappa shape index (κ1) is 16.6. The first-order valence-corrected chi connectivity index (χ1v) is 8.90. The number of hydrogen-bond donors (Lipinski definition) is 1. The number of rotatable bonds is 3. The van der Waals surface area contributed by atoms with Crippen LogP contribution in [0.3, 0.4) is 0 Å². The standard InChI is InChI=1S/C19H20FN5O/c1-12-17-15(20)8-5-9-16(17)25(24-12)19-21-10-13(11-22-19)18(26)23-14-6-3-2-4-7-14/h5,8-11,14H,2-4,6-7H2,1H3,(H,23,26). The molecular formula is C19H20FN5O. The second kappa shape index (κ2) is 6.82. The highest BCUT2D eigenvalue weighted by atomic mass is 19.1. The van der Waals surface area contributed by atoms with Crippen molar-refractivity contribution in [3.8, 4) is 5.95 Å². The average molecular weight is 353 g/mol. The van der Waals surface area contributed by atoms with Gasteiger partial charge in [-0.3, -0.25) is 4.79 Å². The van der Waals surface area contributed by atoms with E-state index in [0.29, 0.717) is 28.1 Å². The fourth-order valence-corrected chi connectivity index (χ4v) is 3.52. The fourth-order valence-electron chi connectivity index (χ4n) is 3.52. The van der Waals surface area contributed by atoms with Gasteiger partial charge in [-0.2, -0.15) is 9.78 Å². The number of carbonyl (C=O) groups is 1. The molecule has 0 saturated heterocycles. The van der Waals surface area contributed by atoms with Crippen LogP contribution in [0.2, 0.25) is 0 Å². The summed E-state index contributed by atoms with van der Waals surface area (Å²) < 4.78 is 15.5. The second-order valence-corrected chi connectivity index (χ2v) is 6.71. The number of carbonyl (C=O) groups excluding carboxylic acids is 1. The van der Waals surface area contributed by atoms with Crippen molar-refractivity contribution in [2.24, 2.45) is 0 Å². The molecule has 7 heteroatoms. The molecule has 1 saturated carbocycles. The summed E-state index contributed by atoms with van der Waals surface area (Å²) in [5.74, 6) is -0.173. The summed E-state index contributed by atoms with van der Waals surface area (Å²) in [7, 11) is 0. The number of hydrogen-bond acceptors (Lipinski definition) is 4. The van der Waals surface area contributed by atoms with Gasteiger partial charge in [-0.1, -0.05) is 25.3 Å². The molecule has 0 unspecified atom stereocenters. The fraction of sp³-hybridized carbons (Fsp3) is 0.368. The minimum atomic E-state index is -0.324. The monoisotopic (exact) mass is 353 g/mol. The molecule has 1 N–H and O–H groups in total. The van der Waals surface area contributed by atoms with Crippen LogP contribution < -0.4 is 5.32 Å². The Balaban J connectivity index is 1.58. The highest BCUT2D eigenvalue weighted by molar-refractivity contribution is 5.93. The molecule has 26 heavy (non-hydrogen) atoms. The predicted molar refractivity (Wildman–Crippen MR) is 95.7 cm³/mol. The third-order valence-corrected chi connectivity index (χ3v) is 4.86. The summed E-state index contributed by atoms with van der Waals surface area (Å²) in [6.07, 6.45) is 8.57. The van der Waals surface area contributed by atoms with Gasteiger partial charge in [0.05, 0.1) is 22.2 Å². The van der Waals surface area contributed by atoms with E-state index in [1.165, 1.54) is 29.6 Å². The molecule has 1 aliphatic rings. The maximum atomic E-state index is 14.0. The zero-order chi connectivity index (χ0) is 18.1. The molecule has 6 nitrogen and oxygen atoms in total. The summed E-state index contributed by atoms with van der Waals surface area (Å²) >= 11 is 0. The van der Waals surface area contributed by atoms with Gasteiger partial charge < -0.3 is 5.32 Å². The number of fused-ring (bicyclic) bond motifs is 1. The topological polar surface area (TPSA) is 72.7 Å². The van der Waals surface area contributed by atoms with E-state index < -0.39 is 0 Å². The van der Waals surface area contributed by atoms with E-state index in [1.54, 1.807) is 19.1 Å². The van der Waals surface area contributed by atoms with Crippen molar-refractivity contribution in [2.45, 2.75) is 45.1 Å². The third-order valence-electron chi connectivity index (χ3n) is 4.86. The SMILES string of the molecule is Cc1nn(-c2ncc(C(=O)NC3CCCCC3)cn2)c2cccc(F)c12. The van der Waals surface area contributed by atoms with Gasteiger partial charge in [-0.25, -0.2) is 14.4 Å². The van der Waals surface area contributed by atoms with E-state index >= 15 is 0 Å². The van der Waals surface area contributed by atoms with E-state index in [0.717, 1.165) is 25.7 Å². The number of halogens is 1. The molecule has 3 aromatic rings. The van der Waals surface area contributed by atoms with Gasteiger partial charge >= 0.3 is 0 Å². The summed E-state index contributed by atoms with van der Waals surface area (Å²) in [6, 6.07) is 5.03. The Bertz CT molecular complexity index is 944. The molecule has 0 aliphatic heterocycles. The Morgan fingerprint density at radius 3 is 2.65 bits per heavy atom. The minimum Gasteiger partial charge on any atom is -0.349 e. The Morgan fingerprint density at radius 2 is 1.92 bits per heavy atom. The lowest BCUT2D eigenvalue weighted by Crippen LogP contribution is -2.36. The van der Waals surface area contributed by atoms with E-state index in [1.807, 2.05) is 0 Å². The first-order valence-electron chi connectivity index (χ1n) is 8.90. The summed E-state index contributed by atoms with van der Waals surface area (Å²) in [4.78, 5) is 20.9. The van der Waals surface area contributed by atoms with Crippen molar-refractivity contribution in [3.05, 3.63) is 47.7 Å². The Hall–Kier alpha value is -2.83. The number of benzene rings is 1. The molecule has 0 spiro atoms. The molecule has 1 fully saturated rings. The molecule has 1 aromatic carbocycles. The van der Waals surface area contributed by atoms with Crippen molar-refractivity contribution in [2.75, 3.05) is 0 Å². The van der Waals surface area contributed by atoms with Crippen molar-refractivity contribution in [1.82, 2.24) is 25.1 Å². The Labute approximate surface area is 150 Å². The zero-order valence-electron chi connectivity index (χ0n) is 14.6. The quantitative estimate of drug-likeness (QED) is 0.784. The van der Waals surface area contributed by atoms with Crippen molar-refractivity contribution in [3.63, 3.8) is 0 Å². The Morgan fingerprint density at radius 1 is 1.19 bits per heavy atom. The van der Waals surface area contributed by atoms with Crippen LogP contribution in [-0.4, -0.2) is 31.7 Å². The summed E-state index contributed by atoms with van der Waals surface area (Å²) in [5.41, 5.74) is 1.58. The summed E-state index contributed by atoms with van der Waals surface area (Å²) in [6.45, 7) is 1.74. The highest BCUT2D eigenvalue weighted by Crippen LogP contribution is 2.23. The molecular weight excluding hydrogens is 333 g/mol. The second-order valence-electron chi connectivity index (χ2n) is 6.71. The van der Waals surface area contributed by atoms with Gasteiger partial charge in [0.15, 0.2) is 0 Å². The molecule has 0 radical (unpaired) electrons. The maximum Gasteiger partial charge on any atom is 0.254 e. The van der Waals surface area contributed by atoms with Crippen LogP contribution >= 0.6 is 0 Å². The van der Waals surface area contributed by atoms with E-state index in [9.17, 15) is 9.18 Å². The van der Waals surface area contributed by atoms with Crippen LogP contribution in [0.4, 0.5) is 4.39 Å². The number of nitrogens with zero attached hydrogens (tertiary/aromatic N) is 4. The first-order chi connectivity index (χ1) is 12.6. The highest BCUT2D eigenvalue weighted by Gasteiger charge is 2.18. The lowest BCUT2D eigenvalue weighted by atomic mass is 9.95. The van der Waals surface area contributed by atoms with Gasteiger partial charge in [-0.15, -0.1) is 0 Å². The van der Waals surface area contributed by atoms with E-state index in [2.05, 4.69) is 20.4 Å². The minimum absolute atomic E-state index is 0.156. The lowest BCUT2D eigenvalue weighted by molar-refractivity contribution is 0.0927. The van der Waals surface area contributed by atoms with Crippen LogP contribution in [0.5, 0.6) is 0 Å². The molecule has 1 aliphatic carbocycles. The molecule has 134 valence electrons. The lowest BCUT2D eigenvalue weighted by Gasteiger charge is -2.22. The van der Waals surface area contributed by atoms with Gasteiger partial charge in [0.25, 0.3) is 11.9 Å². The Kier molecular flexibility index (Phi) is 4.36. The zero-order valence-corrected chi connectivity index (χ0v) is 14.6. The number of aryl methyl sites for hydroxylation is 1. The van der Waals surface area contributed by atoms with Gasteiger partial charge in [0, 0.05) is 18.4 Å². The molecule has 0 atom stereocenters. The molecule has 2 aromatic heterocycles. The van der Waals surface area contributed by atoms with Crippen LogP contribution in [0, 0.1) is 12.7 Å². The predicted octanol–water partition coefficient (Wildman–Crippen LogP) is 3.33. The number of nitrogens with one attached hydrogen (secondary N) is 1. The number of amides is 1. The van der Waals surface area contributed by atoms with Gasteiger partial charge in [0.1, 0.15) is 5.82 Å². The third kappa shape index (κ3) is 3.05. The van der Waals surface area contributed by atoms with Crippen LogP contribution in [0.25, 0.3) is 16.9 Å². The van der Waals surface area contributed by atoms with Gasteiger partial charge in [-0.05, 0) is 31.9 Å². The van der Waals surface area contributed by atoms with Crippen molar-refractivity contribution >= 4 is 16.8 Å². The van der Waals surface area contributed by atoms with Crippen molar-refractivity contribution in [1.29, 1.82) is 0 Å². The van der Waals surface area contributed by atoms with Gasteiger partial charge in [0.2, 0.25) is 0 Å². The largest absolute Gasteiger partial charge is 0.349 e. The molecule has 2 heterocycles. The van der Waals surface area contributed by atoms with Crippen molar-refractivity contribution < 1.29 is 9.18 Å². The molecule has 1 amide bonds. The summed E-state index contributed by atoms with van der Waals surface area (Å²) in [5, 5.41) is 7.84. The number of aromatic nitrogens is 4.